The number of likely N-dealkylation sites (N-methyl/N-ethyl adjacent to an activating group) is 1. The van der Waals surface area contributed by atoms with E-state index in [2.05, 4.69) is 135 Å². The average molecular weight is 1150 g/mol. The standard InChI is InChI=1S/C71H123N2O7P/c1-7-10-13-16-19-22-25-28-30-32-33-34-35-36-37-38-39-41-42-45-48-51-54-57-60-63-70(74)72-68(67-79-81(76,77)78-66-65-73(4,5)6)69(62-59-56-53-50-47-44-27-24-21-18-15-12-9-3)80-71(75)64-61-58-55-52-49-46-43-40-31-29-26-23-20-17-14-11-8-2/h10,13,19-20,22-23,28-31,33-34,36-37,43,46,52,55,59,62,68-69H,7-9,11-12,14-18,21,24-27,32,35,38-42,44-45,47-51,53-54,56-58,60-61,63-67H2,1-6H3,(H-,72,74,76,77)/b13-10-,22-19-,23-20-,30-28-,31-29-,34-33-,37-36-,46-43-,55-52-,62-59-. The number of esters is 1. The molecule has 0 saturated carbocycles. The van der Waals surface area contributed by atoms with Crippen LogP contribution in [0.1, 0.15) is 265 Å². The molecular formula is C71H123N2O7P. The Morgan fingerprint density at radius 2 is 0.802 bits per heavy atom. The van der Waals surface area contributed by atoms with E-state index in [-0.39, 0.29) is 18.9 Å². The second kappa shape index (κ2) is 59.6. The van der Waals surface area contributed by atoms with Crippen LogP contribution in [0.2, 0.25) is 0 Å². The van der Waals surface area contributed by atoms with Crippen molar-refractivity contribution in [3.63, 3.8) is 0 Å². The number of phosphoric ester groups is 1. The summed E-state index contributed by atoms with van der Waals surface area (Å²) in [5, 5.41) is 3.02. The van der Waals surface area contributed by atoms with Crippen LogP contribution in [0.25, 0.3) is 0 Å². The van der Waals surface area contributed by atoms with Gasteiger partial charge in [-0.15, -0.1) is 0 Å². The summed E-state index contributed by atoms with van der Waals surface area (Å²) in [6.45, 7) is 6.66. The number of carbonyl (C=O) groups excluding carboxylic acids is 2. The van der Waals surface area contributed by atoms with E-state index >= 15 is 0 Å². The van der Waals surface area contributed by atoms with Gasteiger partial charge in [0.15, 0.2) is 0 Å². The molecule has 0 aromatic rings. The molecule has 0 aliphatic rings. The predicted molar refractivity (Wildman–Crippen MR) is 348 cm³/mol. The lowest BCUT2D eigenvalue weighted by atomic mass is 10.0. The molecular weight excluding hydrogens is 1020 g/mol. The fourth-order valence-corrected chi connectivity index (χ4v) is 9.56. The van der Waals surface area contributed by atoms with Crippen LogP contribution in [0.15, 0.2) is 122 Å². The Morgan fingerprint density at radius 1 is 0.444 bits per heavy atom. The molecule has 0 heterocycles. The van der Waals surface area contributed by atoms with Gasteiger partial charge < -0.3 is 28.5 Å². The Labute approximate surface area is 499 Å². The molecule has 1 N–H and O–H groups in total. The molecule has 0 radical (unpaired) electrons. The molecule has 81 heavy (non-hydrogen) atoms. The third kappa shape index (κ3) is 60.8. The van der Waals surface area contributed by atoms with Gasteiger partial charge in [-0.25, -0.2) is 0 Å². The van der Waals surface area contributed by atoms with Gasteiger partial charge in [-0.05, 0) is 115 Å². The van der Waals surface area contributed by atoms with Crippen molar-refractivity contribution in [2.75, 3.05) is 40.9 Å². The Bertz CT molecular complexity index is 1800. The van der Waals surface area contributed by atoms with Crippen molar-refractivity contribution < 1.29 is 37.3 Å². The summed E-state index contributed by atoms with van der Waals surface area (Å²) in [7, 11) is 1.14. The molecule has 0 bridgehead atoms. The predicted octanol–water partition coefficient (Wildman–Crippen LogP) is 20.0. The van der Waals surface area contributed by atoms with E-state index in [1.54, 1.807) is 0 Å². The molecule has 1 amide bonds. The van der Waals surface area contributed by atoms with Gasteiger partial charge in [0.25, 0.3) is 7.82 Å². The maximum atomic E-state index is 13.6. The van der Waals surface area contributed by atoms with Gasteiger partial charge in [-0.2, -0.15) is 0 Å². The monoisotopic (exact) mass is 1150 g/mol. The van der Waals surface area contributed by atoms with Crippen LogP contribution < -0.4 is 10.2 Å². The minimum Gasteiger partial charge on any atom is -0.756 e. The highest BCUT2D eigenvalue weighted by atomic mass is 31.2. The molecule has 0 spiro atoms. The first-order chi connectivity index (χ1) is 39.4. The number of hydrogen-bond donors (Lipinski definition) is 1. The number of phosphoric acid groups is 1. The Hall–Kier alpha value is -3.59. The van der Waals surface area contributed by atoms with Gasteiger partial charge in [0.2, 0.25) is 5.91 Å². The van der Waals surface area contributed by atoms with E-state index in [1.165, 1.54) is 116 Å². The lowest BCUT2D eigenvalue weighted by Gasteiger charge is -2.30. The summed E-state index contributed by atoms with van der Waals surface area (Å²) >= 11 is 0. The first-order valence-corrected chi connectivity index (χ1v) is 34.3. The van der Waals surface area contributed by atoms with Crippen molar-refractivity contribution in [3.8, 4) is 0 Å². The maximum absolute atomic E-state index is 13.6. The fourth-order valence-electron chi connectivity index (χ4n) is 8.83. The lowest BCUT2D eigenvalue weighted by Crippen LogP contribution is -2.47. The summed E-state index contributed by atoms with van der Waals surface area (Å²) in [6.07, 6.45) is 83.2. The van der Waals surface area contributed by atoms with Crippen LogP contribution in [0.5, 0.6) is 0 Å². The first kappa shape index (κ1) is 77.4. The SMILES string of the molecule is CC/C=C\C/C=C\C/C=C\C/C=C\C/C=C\CCCCCCCCCCCC(=O)NC(COP(=O)([O-])OCC[N+](C)(C)C)C(/C=C\CCCCCCCCCCCCC)OC(=O)CCC/C=C\C/C=C\C/C=C\C/C=C\CCCCC. The van der Waals surface area contributed by atoms with Crippen LogP contribution in [-0.4, -0.2) is 69.4 Å². The third-order valence-electron chi connectivity index (χ3n) is 13.9. The zero-order chi connectivity index (χ0) is 59.3. The smallest absolute Gasteiger partial charge is 0.306 e. The average Bonchev–Trinajstić information content (AvgIpc) is 3.44. The van der Waals surface area contributed by atoms with Crippen molar-refractivity contribution in [3.05, 3.63) is 122 Å². The van der Waals surface area contributed by atoms with Gasteiger partial charge in [0, 0.05) is 12.8 Å². The number of ether oxygens (including phenoxy) is 1. The molecule has 10 heteroatoms. The molecule has 464 valence electrons. The van der Waals surface area contributed by atoms with Crippen molar-refractivity contribution >= 4 is 19.7 Å². The highest BCUT2D eigenvalue weighted by Gasteiger charge is 2.27. The number of nitrogens with one attached hydrogen (secondary N) is 1. The van der Waals surface area contributed by atoms with Gasteiger partial charge >= 0.3 is 5.97 Å². The first-order valence-electron chi connectivity index (χ1n) is 32.8. The topological polar surface area (TPSA) is 114 Å². The summed E-state index contributed by atoms with van der Waals surface area (Å²) in [6, 6.07) is -0.922. The normalized spacial score (nSPS) is 14.4. The van der Waals surface area contributed by atoms with Gasteiger partial charge in [-0.1, -0.05) is 258 Å². The van der Waals surface area contributed by atoms with Crippen LogP contribution >= 0.6 is 7.82 Å². The second-order valence-corrected chi connectivity index (χ2v) is 24.3. The van der Waals surface area contributed by atoms with Crippen LogP contribution in [0.3, 0.4) is 0 Å². The highest BCUT2D eigenvalue weighted by molar-refractivity contribution is 7.45. The molecule has 9 nitrogen and oxygen atoms in total. The van der Waals surface area contributed by atoms with Crippen LogP contribution in [0, 0.1) is 0 Å². The molecule has 3 unspecified atom stereocenters. The Morgan fingerprint density at radius 3 is 1.23 bits per heavy atom. The van der Waals surface area contributed by atoms with Gasteiger partial charge in [0.05, 0.1) is 33.8 Å². The Kier molecular flexibility index (Phi) is 56.9. The zero-order valence-electron chi connectivity index (χ0n) is 52.9. The van der Waals surface area contributed by atoms with Gasteiger partial charge in [0.1, 0.15) is 19.3 Å². The number of carbonyl (C=O) groups is 2. The number of allylic oxidation sites excluding steroid dienone is 19. The zero-order valence-corrected chi connectivity index (χ0v) is 53.8. The third-order valence-corrected chi connectivity index (χ3v) is 14.8. The fraction of sp³-hybridized carbons (Fsp3) is 0.690. The maximum Gasteiger partial charge on any atom is 0.306 e. The summed E-state index contributed by atoms with van der Waals surface area (Å²) < 4.78 is 30.3. The summed E-state index contributed by atoms with van der Waals surface area (Å²) in [5.74, 6) is -0.618. The summed E-state index contributed by atoms with van der Waals surface area (Å²) in [5.41, 5.74) is 0. The number of unbranched alkanes of at least 4 members (excludes halogenated alkanes) is 24. The molecule has 0 aromatic carbocycles. The van der Waals surface area contributed by atoms with Gasteiger partial charge in [-0.3, -0.25) is 14.2 Å². The van der Waals surface area contributed by atoms with Crippen LogP contribution in [0.4, 0.5) is 0 Å². The minimum absolute atomic E-state index is 0.0379. The molecule has 0 saturated heterocycles. The number of rotatable bonds is 58. The molecule has 0 aliphatic heterocycles. The molecule has 0 aromatic heterocycles. The van der Waals surface area contributed by atoms with E-state index in [9.17, 15) is 19.0 Å². The Balaban J connectivity index is 5.27. The van der Waals surface area contributed by atoms with Crippen molar-refractivity contribution in [1.82, 2.24) is 5.32 Å². The van der Waals surface area contributed by atoms with E-state index in [0.29, 0.717) is 23.9 Å². The lowest BCUT2D eigenvalue weighted by molar-refractivity contribution is -0.870. The van der Waals surface area contributed by atoms with E-state index in [0.717, 1.165) is 109 Å². The number of hydrogen-bond acceptors (Lipinski definition) is 7. The quantitative estimate of drug-likeness (QED) is 0.0212. The molecule has 0 rings (SSSR count). The second-order valence-electron chi connectivity index (χ2n) is 22.9. The molecule has 0 aliphatic carbocycles. The minimum atomic E-state index is -4.72. The number of nitrogens with zero attached hydrogens (tertiary/aromatic N) is 1. The van der Waals surface area contributed by atoms with Crippen molar-refractivity contribution in [2.45, 2.75) is 277 Å². The highest BCUT2D eigenvalue weighted by Crippen LogP contribution is 2.38. The molecule has 0 fully saturated rings. The number of amides is 1. The van der Waals surface area contributed by atoms with Crippen molar-refractivity contribution in [2.24, 2.45) is 0 Å². The van der Waals surface area contributed by atoms with Crippen LogP contribution in [-0.2, 0) is 27.9 Å². The van der Waals surface area contributed by atoms with E-state index < -0.39 is 32.5 Å². The largest absolute Gasteiger partial charge is 0.756 e. The van der Waals surface area contributed by atoms with Crippen molar-refractivity contribution in [1.29, 1.82) is 0 Å². The van der Waals surface area contributed by atoms with E-state index in [1.807, 2.05) is 33.3 Å². The number of quaternary nitrogens is 1. The summed E-state index contributed by atoms with van der Waals surface area (Å²) in [4.78, 5) is 40.1. The van der Waals surface area contributed by atoms with E-state index in [4.69, 9.17) is 13.8 Å². The molecule has 3 atom stereocenters.